The number of urea groups is 1. The third-order valence-corrected chi connectivity index (χ3v) is 6.25. The van der Waals surface area contributed by atoms with Gasteiger partial charge in [-0.05, 0) is 37.0 Å². The smallest absolute Gasteiger partial charge is 0.323 e. The van der Waals surface area contributed by atoms with Gasteiger partial charge >= 0.3 is 6.03 Å². The Morgan fingerprint density at radius 3 is 3.00 bits per heavy atom. The van der Waals surface area contributed by atoms with Gasteiger partial charge in [0.25, 0.3) is 0 Å². The Kier molecular flexibility index (Phi) is 4.98. The fraction of sp³-hybridized carbons (Fsp3) is 0.455. The molecule has 2 heterocycles. The summed E-state index contributed by atoms with van der Waals surface area (Å²) in [5, 5.41) is 4.03. The van der Waals surface area contributed by atoms with Crippen LogP contribution < -0.4 is 5.32 Å². The largest absolute Gasteiger partial charge is 0.361 e. The standard InChI is InChI=1S/C22H28N4O2/c1-4-9-26-13-15(21(27)25(3)22(28)23-5-2)10-17-16-7-6-8-18-20(16)14(12-24-18)11-19(17)26/h4,6-8,12,15,17,19,24H,1,5,9-11,13H2,2-3H3,(H,23,28)/t15-,17?,19-/m1/s1. The normalized spacial score (nSPS) is 23.9. The number of piperidine rings is 1. The van der Waals surface area contributed by atoms with Gasteiger partial charge in [0, 0.05) is 55.7 Å². The number of hydrogen-bond donors (Lipinski definition) is 2. The van der Waals surface area contributed by atoms with Crippen LogP contribution in [0.15, 0.2) is 37.1 Å². The average Bonchev–Trinajstić information content (AvgIpc) is 3.12. The van der Waals surface area contributed by atoms with Crippen molar-refractivity contribution in [2.75, 3.05) is 26.7 Å². The second kappa shape index (κ2) is 7.43. The molecule has 3 atom stereocenters. The minimum absolute atomic E-state index is 0.106. The monoisotopic (exact) mass is 380 g/mol. The number of likely N-dealkylation sites (tertiary alicyclic amines) is 1. The summed E-state index contributed by atoms with van der Waals surface area (Å²) in [5.74, 6) is -0.0349. The second-order valence-corrected chi connectivity index (χ2v) is 7.87. The topological polar surface area (TPSA) is 68.4 Å². The highest BCUT2D eigenvalue weighted by molar-refractivity contribution is 5.95. The molecule has 0 bridgehead atoms. The van der Waals surface area contributed by atoms with Crippen LogP contribution in [0, 0.1) is 5.92 Å². The van der Waals surface area contributed by atoms with Gasteiger partial charge in [0.2, 0.25) is 5.91 Å². The van der Waals surface area contributed by atoms with E-state index >= 15 is 0 Å². The van der Waals surface area contributed by atoms with Gasteiger partial charge in [0.1, 0.15) is 0 Å². The zero-order valence-corrected chi connectivity index (χ0v) is 16.6. The summed E-state index contributed by atoms with van der Waals surface area (Å²) in [7, 11) is 1.57. The molecule has 2 aromatic rings. The molecule has 1 fully saturated rings. The maximum absolute atomic E-state index is 13.1. The quantitative estimate of drug-likeness (QED) is 0.802. The lowest BCUT2D eigenvalue weighted by Gasteiger charge is -2.46. The number of H-pyrrole nitrogens is 1. The Bertz CT molecular complexity index is 918. The van der Waals surface area contributed by atoms with E-state index in [1.165, 1.54) is 21.4 Å². The lowest BCUT2D eigenvalue weighted by atomic mass is 9.72. The van der Waals surface area contributed by atoms with E-state index in [4.69, 9.17) is 0 Å². The summed E-state index contributed by atoms with van der Waals surface area (Å²) in [5.41, 5.74) is 3.83. The van der Waals surface area contributed by atoms with Crippen molar-refractivity contribution in [3.63, 3.8) is 0 Å². The molecule has 6 heteroatoms. The predicted molar refractivity (Wildman–Crippen MR) is 110 cm³/mol. The Morgan fingerprint density at radius 2 is 2.25 bits per heavy atom. The van der Waals surface area contributed by atoms with Gasteiger partial charge in [-0.15, -0.1) is 6.58 Å². The third kappa shape index (κ3) is 3.02. The molecule has 2 N–H and O–H groups in total. The molecule has 4 rings (SSSR count). The summed E-state index contributed by atoms with van der Waals surface area (Å²) in [6.45, 7) is 7.67. The van der Waals surface area contributed by atoms with E-state index in [0.29, 0.717) is 19.1 Å². The van der Waals surface area contributed by atoms with Crippen molar-refractivity contribution in [3.8, 4) is 0 Å². The first kappa shape index (κ1) is 18.7. The van der Waals surface area contributed by atoms with E-state index in [0.717, 1.165) is 24.9 Å². The number of imide groups is 1. The molecule has 148 valence electrons. The predicted octanol–water partition coefficient (Wildman–Crippen LogP) is 2.87. The van der Waals surface area contributed by atoms with Crippen molar-refractivity contribution in [1.29, 1.82) is 0 Å². The van der Waals surface area contributed by atoms with E-state index in [1.54, 1.807) is 7.05 Å². The van der Waals surface area contributed by atoms with Gasteiger partial charge in [0.05, 0.1) is 5.92 Å². The minimum Gasteiger partial charge on any atom is -0.361 e. The SMILES string of the molecule is C=CCN1C[C@H](C(=O)N(C)C(=O)NCC)CC2c3cccc4[nH]cc(c34)C[C@H]21. The van der Waals surface area contributed by atoms with Gasteiger partial charge in [0.15, 0.2) is 0 Å². The number of rotatable bonds is 4. The van der Waals surface area contributed by atoms with Crippen LogP contribution in [0.2, 0.25) is 0 Å². The summed E-state index contributed by atoms with van der Waals surface area (Å²) in [6, 6.07) is 6.42. The molecule has 0 spiro atoms. The highest BCUT2D eigenvalue weighted by atomic mass is 16.2. The molecule has 3 amide bonds. The average molecular weight is 380 g/mol. The van der Waals surface area contributed by atoms with E-state index in [9.17, 15) is 9.59 Å². The number of nitrogens with one attached hydrogen (secondary N) is 2. The number of hydrogen-bond acceptors (Lipinski definition) is 3. The number of aromatic amines is 1. The van der Waals surface area contributed by atoms with Crippen LogP contribution in [0.1, 0.15) is 30.4 Å². The van der Waals surface area contributed by atoms with Crippen LogP contribution in [-0.2, 0) is 11.2 Å². The van der Waals surface area contributed by atoms with Gasteiger partial charge in [-0.2, -0.15) is 0 Å². The van der Waals surface area contributed by atoms with Crippen LogP contribution >= 0.6 is 0 Å². The molecular formula is C22H28N4O2. The Hall–Kier alpha value is -2.60. The molecular weight excluding hydrogens is 352 g/mol. The molecule has 1 aromatic carbocycles. The fourth-order valence-electron chi connectivity index (χ4n) is 5.00. The summed E-state index contributed by atoms with van der Waals surface area (Å²) in [6.07, 6.45) is 5.77. The molecule has 28 heavy (non-hydrogen) atoms. The molecule has 6 nitrogen and oxygen atoms in total. The fourth-order valence-corrected chi connectivity index (χ4v) is 5.00. The molecule has 2 aliphatic rings. The van der Waals surface area contributed by atoms with Crippen LogP contribution in [0.3, 0.4) is 0 Å². The van der Waals surface area contributed by atoms with Crippen molar-refractivity contribution in [2.45, 2.75) is 31.7 Å². The summed E-state index contributed by atoms with van der Waals surface area (Å²) >= 11 is 0. The van der Waals surface area contributed by atoms with Crippen LogP contribution in [0.5, 0.6) is 0 Å². The number of nitrogens with zero attached hydrogens (tertiary/aromatic N) is 2. The molecule has 1 aromatic heterocycles. The van der Waals surface area contributed by atoms with Crippen LogP contribution in [-0.4, -0.2) is 59.4 Å². The van der Waals surface area contributed by atoms with Gasteiger partial charge < -0.3 is 10.3 Å². The Morgan fingerprint density at radius 1 is 1.43 bits per heavy atom. The van der Waals surface area contributed by atoms with Crippen LogP contribution in [0.4, 0.5) is 4.79 Å². The second-order valence-electron chi connectivity index (χ2n) is 7.87. The van der Waals surface area contributed by atoms with Crippen molar-refractivity contribution in [3.05, 3.63) is 48.2 Å². The first-order chi connectivity index (χ1) is 13.5. The third-order valence-electron chi connectivity index (χ3n) is 6.25. The number of benzene rings is 1. The van der Waals surface area contributed by atoms with E-state index < -0.39 is 0 Å². The zero-order valence-electron chi connectivity index (χ0n) is 16.6. The van der Waals surface area contributed by atoms with E-state index in [-0.39, 0.29) is 23.8 Å². The molecule has 0 radical (unpaired) electrons. The first-order valence-corrected chi connectivity index (χ1v) is 10.0. The van der Waals surface area contributed by atoms with Crippen LogP contribution in [0.25, 0.3) is 10.9 Å². The lowest BCUT2D eigenvalue weighted by molar-refractivity contribution is -0.134. The summed E-state index contributed by atoms with van der Waals surface area (Å²) < 4.78 is 0. The molecule has 1 unspecified atom stereocenters. The molecule has 1 aliphatic heterocycles. The van der Waals surface area contributed by atoms with Gasteiger partial charge in [-0.25, -0.2) is 4.79 Å². The van der Waals surface area contributed by atoms with Gasteiger partial charge in [-0.3, -0.25) is 14.6 Å². The lowest BCUT2D eigenvalue weighted by Crippen LogP contribution is -2.54. The summed E-state index contributed by atoms with van der Waals surface area (Å²) in [4.78, 5) is 32.2. The maximum atomic E-state index is 13.1. The molecule has 1 saturated heterocycles. The number of carbonyl (C=O) groups is 2. The van der Waals surface area contributed by atoms with E-state index in [2.05, 4.69) is 46.2 Å². The zero-order chi connectivity index (χ0) is 19.8. The maximum Gasteiger partial charge on any atom is 0.323 e. The van der Waals surface area contributed by atoms with Crippen molar-refractivity contribution in [1.82, 2.24) is 20.1 Å². The molecule has 1 aliphatic carbocycles. The molecule has 0 saturated carbocycles. The Balaban J connectivity index is 1.67. The van der Waals surface area contributed by atoms with E-state index in [1.807, 2.05) is 13.0 Å². The Labute approximate surface area is 165 Å². The van der Waals surface area contributed by atoms with Crippen molar-refractivity contribution >= 4 is 22.8 Å². The van der Waals surface area contributed by atoms with Crippen molar-refractivity contribution in [2.24, 2.45) is 5.92 Å². The number of fused-ring (bicyclic) bond motifs is 2. The number of amides is 3. The minimum atomic E-state index is -0.330. The first-order valence-electron chi connectivity index (χ1n) is 10.0. The highest BCUT2D eigenvalue weighted by Gasteiger charge is 2.43. The number of aromatic nitrogens is 1. The highest BCUT2D eigenvalue weighted by Crippen LogP contribution is 2.44. The number of carbonyl (C=O) groups excluding carboxylic acids is 2. The van der Waals surface area contributed by atoms with Gasteiger partial charge in [-0.1, -0.05) is 18.2 Å². The van der Waals surface area contributed by atoms with Crippen molar-refractivity contribution < 1.29 is 9.59 Å².